The number of carboxylic acids is 1. The van der Waals surface area contributed by atoms with Gasteiger partial charge in [0.05, 0.1) is 0 Å². The molecule has 4 heteroatoms. The molecule has 1 saturated heterocycles. The van der Waals surface area contributed by atoms with Crippen molar-refractivity contribution in [2.45, 2.75) is 32.2 Å². The molecule has 4 rings (SSSR count). The van der Waals surface area contributed by atoms with Crippen molar-refractivity contribution in [3.8, 4) is 0 Å². The zero-order valence-electron chi connectivity index (χ0n) is 15.7. The van der Waals surface area contributed by atoms with Crippen LogP contribution in [-0.2, 0) is 11.2 Å². The standard InChI is InChI=1S/C23H26N2O2/c1-16-21(19-9-5-6-10-20(19)24-16)22(23(26)27)25-13-11-18(12-14-25)15-17-7-3-2-4-8-17/h2-10,18,22,24H,11-15H2,1H3,(H,26,27)/t22-/m1/s1. The Hall–Kier alpha value is -2.59. The number of nitrogens with zero attached hydrogens (tertiary/aromatic N) is 1. The zero-order valence-corrected chi connectivity index (χ0v) is 15.7. The summed E-state index contributed by atoms with van der Waals surface area (Å²) in [6.45, 7) is 3.63. The lowest BCUT2D eigenvalue weighted by Gasteiger charge is -2.36. The molecule has 1 aliphatic rings. The lowest BCUT2D eigenvalue weighted by atomic mass is 9.88. The van der Waals surface area contributed by atoms with Crippen molar-refractivity contribution in [2.75, 3.05) is 13.1 Å². The van der Waals surface area contributed by atoms with E-state index in [2.05, 4.69) is 34.1 Å². The Morgan fingerprint density at radius 2 is 1.78 bits per heavy atom. The Morgan fingerprint density at radius 1 is 1.11 bits per heavy atom. The molecule has 27 heavy (non-hydrogen) atoms. The number of para-hydroxylation sites is 1. The summed E-state index contributed by atoms with van der Waals surface area (Å²) in [5.41, 5.74) is 4.25. The third-order valence-corrected chi connectivity index (χ3v) is 5.83. The van der Waals surface area contributed by atoms with Crippen LogP contribution in [0.5, 0.6) is 0 Å². The van der Waals surface area contributed by atoms with Gasteiger partial charge >= 0.3 is 5.97 Å². The quantitative estimate of drug-likeness (QED) is 0.700. The number of carbonyl (C=O) groups is 1. The summed E-state index contributed by atoms with van der Waals surface area (Å²) in [5.74, 6) is -0.133. The molecular formula is C23H26N2O2. The number of piperidine rings is 1. The summed E-state index contributed by atoms with van der Waals surface area (Å²) in [6.07, 6.45) is 3.17. The molecule has 3 aromatic rings. The van der Waals surface area contributed by atoms with E-state index in [-0.39, 0.29) is 0 Å². The fraction of sp³-hybridized carbons (Fsp3) is 0.348. The molecule has 1 aliphatic heterocycles. The van der Waals surface area contributed by atoms with E-state index in [1.165, 1.54) is 5.56 Å². The van der Waals surface area contributed by atoms with Crippen LogP contribution in [-0.4, -0.2) is 34.0 Å². The number of aliphatic carboxylic acids is 1. The monoisotopic (exact) mass is 362 g/mol. The fourth-order valence-electron chi connectivity index (χ4n) is 4.48. The number of benzene rings is 2. The van der Waals surface area contributed by atoms with Gasteiger partial charge < -0.3 is 10.1 Å². The second-order valence-corrected chi connectivity index (χ2v) is 7.62. The zero-order chi connectivity index (χ0) is 18.8. The number of carboxylic acid groups (broad SMARTS) is 1. The number of fused-ring (bicyclic) bond motifs is 1. The fourth-order valence-corrected chi connectivity index (χ4v) is 4.48. The van der Waals surface area contributed by atoms with Gasteiger partial charge in [-0.15, -0.1) is 0 Å². The van der Waals surface area contributed by atoms with Crippen molar-refractivity contribution >= 4 is 16.9 Å². The van der Waals surface area contributed by atoms with E-state index in [1.54, 1.807) is 0 Å². The van der Waals surface area contributed by atoms with Crippen LogP contribution in [0, 0.1) is 12.8 Å². The highest BCUT2D eigenvalue weighted by Crippen LogP contribution is 2.34. The topological polar surface area (TPSA) is 56.3 Å². The van der Waals surface area contributed by atoms with Gasteiger partial charge in [-0.3, -0.25) is 9.69 Å². The van der Waals surface area contributed by atoms with Gasteiger partial charge in [0.1, 0.15) is 6.04 Å². The van der Waals surface area contributed by atoms with Crippen LogP contribution in [0.25, 0.3) is 10.9 Å². The first-order valence-corrected chi connectivity index (χ1v) is 9.71. The third kappa shape index (κ3) is 3.62. The molecule has 0 aliphatic carbocycles. The molecular weight excluding hydrogens is 336 g/mol. The average molecular weight is 362 g/mol. The maximum Gasteiger partial charge on any atom is 0.325 e. The van der Waals surface area contributed by atoms with Crippen molar-refractivity contribution < 1.29 is 9.90 Å². The van der Waals surface area contributed by atoms with Crippen molar-refractivity contribution in [3.05, 3.63) is 71.4 Å². The van der Waals surface area contributed by atoms with E-state index >= 15 is 0 Å². The molecule has 0 radical (unpaired) electrons. The van der Waals surface area contributed by atoms with Gasteiger partial charge in [0.2, 0.25) is 0 Å². The Balaban J connectivity index is 1.52. The number of hydrogen-bond acceptors (Lipinski definition) is 2. The third-order valence-electron chi connectivity index (χ3n) is 5.83. The van der Waals surface area contributed by atoms with Crippen molar-refractivity contribution in [1.82, 2.24) is 9.88 Å². The van der Waals surface area contributed by atoms with E-state index in [0.29, 0.717) is 5.92 Å². The van der Waals surface area contributed by atoms with E-state index in [4.69, 9.17) is 0 Å². The number of aromatic nitrogens is 1. The Morgan fingerprint density at radius 3 is 2.48 bits per heavy atom. The number of aromatic amines is 1. The summed E-state index contributed by atoms with van der Waals surface area (Å²) >= 11 is 0. The average Bonchev–Trinajstić information content (AvgIpc) is 3.00. The van der Waals surface area contributed by atoms with Crippen LogP contribution in [0.3, 0.4) is 0 Å². The first-order chi connectivity index (χ1) is 13.1. The van der Waals surface area contributed by atoms with Gasteiger partial charge in [-0.25, -0.2) is 0 Å². The van der Waals surface area contributed by atoms with Gasteiger partial charge in [-0.1, -0.05) is 48.5 Å². The minimum Gasteiger partial charge on any atom is -0.480 e. The van der Waals surface area contributed by atoms with Gasteiger partial charge in [0.15, 0.2) is 0 Å². The number of likely N-dealkylation sites (tertiary alicyclic amines) is 1. The SMILES string of the molecule is Cc1[nH]c2ccccc2c1[C@H](C(=O)O)N1CCC(Cc2ccccc2)CC1. The highest BCUT2D eigenvalue weighted by molar-refractivity contribution is 5.90. The van der Waals surface area contributed by atoms with Crippen LogP contribution in [0.1, 0.15) is 35.7 Å². The smallest absolute Gasteiger partial charge is 0.325 e. The highest BCUT2D eigenvalue weighted by atomic mass is 16.4. The molecule has 0 amide bonds. The largest absolute Gasteiger partial charge is 0.480 e. The van der Waals surface area contributed by atoms with Crippen molar-refractivity contribution in [1.29, 1.82) is 0 Å². The molecule has 1 aromatic heterocycles. The number of aryl methyl sites for hydroxylation is 1. The van der Waals surface area contributed by atoms with Crippen LogP contribution in [0.15, 0.2) is 54.6 Å². The molecule has 1 fully saturated rings. The molecule has 0 unspecified atom stereocenters. The van der Waals surface area contributed by atoms with Crippen LogP contribution < -0.4 is 0 Å². The minimum absolute atomic E-state index is 0.584. The second kappa shape index (κ2) is 7.57. The van der Waals surface area contributed by atoms with Crippen molar-refractivity contribution in [2.24, 2.45) is 5.92 Å². The summed E-state index contributed by atoms with van der Waals surface area (Å²) in [6, 6.07) is 18.0. The number of nitrogens with one attached hydrogen (secondary N) is 1. The van der Waals surface area contributed by atoms with Crippen LogP contribution in [0.2, 0.25) is 0 Å². The first-order valence-electron chi connectivity index (χ1n) is 9.71. The predicted molar refractivity (Wildman–Crippen MR) is 108 cm³/mol. The first kappa shape index (κ1) is 17.8. The van der Waals surface area contributed by atoms with Crippen LogP contribution in [0.4, 0.5) is 0 Å². The maximum atomic E-state index is 12.2. The Kier molecular flexibility index (Phi) is 4.99. The molecule has 140 valence electrons. The molecule has 2 heterocycles. The van der Waals surface area contributed by atoms with E-state index < -0.39 is 12.0 Å². The lowest BCUT2D eigenvalue weighted by molar-refractivity contribution is -0.144. The molecule has 0 spiro atoms. The molecule has 4 nitrogen and oxygen atoms in total. The molecule has 2 aromatic carbocycles. The van der Waals surface area contributed by atoms with Gasteiger partial charge in [-0.05, 0) is 56.8 Å². The van der Waals surface area contributed by atoms with E-state index in [0.717, 1.165) is 54.5 Å². The maximum absolute atomic E-state index is 12.2. The molecule has 0 bridgehead atoms. The molecule has 1 atom stereocenters. The van der Waals surface area contributed by atoms with Gasteiger partial charge in [0.25, 0.3) is 0 Å². The minimum atomic E-state index is -0.760. The lowest BCUT2D eigenvalue weighted by Crippen LogP contribution is -2.40. The van der Waals surface area contributed by atoms with Gasteiger partial charge in [0, 0.05) is 22.2 Å². The van der Waals surface area contributed by atoms with E-state index in [9.17, 15) is 9.90 Å². The Bertz CT molecular complexity index is 924. The number of H-pyrrole nitrogens is 1. The molecule has 2 N–H and O–H groups in total. The summed E-state index contributed by atoms with van der Waals surface area (Å²) in [7, 11) is 0. The molecule has 0 saturated carbocycles. The highest BCUT2D eigenvalue weighted by Gasteiger charge is 2.33. The normalized spacial score (nSPS) is 17.2. The summed E-state index contributed by atoms with van der Waals surface area (Å²) in [5, 5.41) is 11.0. The van der Waals surface area contributed by atoms with E-state index in [1.807, 2.05) is 37.3 Å². The second-order valence-electron chi connectivity index (χ2n) is 7.62. The summed E-state index contributed by atoms with van der Waals surface area (Å²) < 4.78 is 0. The van der Waals surface area contributed by atoms with Crippen molar-refractivity contribution in [3.63, 3.8) is 0 Å². The summed E-state index contributed by atoms with van der Waals surface area (Å²) in [4.78, 5) is 17.7. The van der Waals surface area contributed by atoms with Gasteiger partial charge in [-0.2, -0.15) is 0 Å². The number of hydrogen-bond donors (Lipinski definition) is 2. The Labute approximate surface area is 159 Å². The number of rotatable bonds is 5. The van der Waals surface area contributed by atoms with Crippen LogP contribution >= 0.6 is 0 Å². The predicted octanol–water partition coefficient (Wildman–Crippen LogP) is 4.56.